The second-order valence-electron chi connectivity index (χ2n) is 0.632. The molecule has 0 bridgehead atoms. The van der Waals surface area contributed by atoms with Gasteiger partial charge in [0.2, 0.25) is 0 Å². The molecule has 2 N–H and O–H groups in total. The molecule has 0 fully saturated rings. The Hall–Kier alpha value is 2.41. The second-order valence-corrected chi connectivity index (χ2v) is 0.632. The van der Waals surface area contributed by atoms with Crippen LogP contribution >= 0.6 is 0 Å². The molecule has 56 valence electrons. The SMILES string of the molecule is CCO.CCO.[H+].[H+].[H+].[Li+].[Li+].[Li+].[S-2].[S-2]. The summed E-state index contributed by atoms with van der Waals surface area (Å²) in [6, 6.07) is 0. The molecule has 0 heterocycles. The molecule has 0 radical (unpaired) electrons. The van der Waals surface area contributed by atoms with Crippen LogP contribution in [0.15, 0.2) is 0 Å². The first-order chi connectivity index (χ1) is 2.83. The molecule has 0 unspecified atom stereocenters. The molecule has 0 atom stereocenters. The van der Waals surface area contributed by atoms with E-state index >= 15 is 0 Å². The zero-order valence-electron chi connectivity index (χ0n) is 11.1. The predicted molar refractivity (Wildman–Crippen MR) is 43.6 cm³/mol. The van der Waals surface area contributed by atoms with Gasteiger partial charge in [0, 0.05) is 13.2 Å². The molecule has 0 aromatic rings. The van der Waals surface area contributed by atoms with Crippen molar-refractivity contribution in [2.24, 2.45) is 0 Å². The maximum Gasteiger partial charge on any atom is 1.00 e. The number of aliphatic hydroxyl groups excluding tert-OH is 2. The summed E-state index contributed by atoms with van der Waals surface area (Å²) in [4.78, 5) is 0. The summed E-state index contributed by atoms with van der Waals surface area (Å²) >= 11 is 0. The number of rotatable bonds is 0. The van der Waals surface area contributed by atoms with Crippen LogP contribution in [0.1, 0.15) is 18.1 Å². The quantitative estimate of drug-likeness (QED) is 0.363. The van der Waals surface area contributed by atoms with Crippen molar-refractivity contribution in [3.05, 3.63) is 0 Å². The van der Waals surface area contributed by atoms with Crippen molar-refractivity contribution < 1.29 is 71.1 Å². The fourth-order valence-electron chi connectivity index (χ4n) is 0. The Morgan fingerprint density at radius 3 is 0.818 bits per heavy atom. The fourth-order valence-corrected chi connectivity index (χ4v) is 0. The molecule has 7 heteroatoms. The third kappa shape index (κ3) is 231. The minimum atomic E-state index is 0. The van der Waals surface area contributed by atoms with Crippen molar-refractivity contribution in [2.45, 2.75) is 13.8 Å². The maximum absolute atomic E-state index is 7.57. The van der Waals surface area contributed by atoms with E-state index in [0.717, 1.165) is 0 Å². The van der Waals surface area contributed by atoms with Crippen LogP contribution in [-0.2, 0) is 27.0 Å². The van der Waals surface area contributed by atoms with E-state index < -0.39 is 0 Å². The summed E-state index contributed by atoms with van der Waals surface area (Å²) in [5.74, 6) is 0. The summed E-state index contributed by atoms with van der Waals surface area (Å²) in [6.45, 7) is 3.86. The van der Waals surface area contributed by atoms with Crippen LogP contribution in [0.4, 0.5) is 0 Å². The van der Waals surface area contributed by atoms with Gasteiger partial charge in [-0.15, -0.1) is 0 Å². The van der Waals surface area contributed by atoms with E-state index in [1.54, 1.807) is 13.8 Å². The van der Waals surface area contributed by atoms with Gasteiger partial charge in [-0.1, -0.05) is 0 Å². The third-order valence-corrected chi connectivity index (χ3v) is 0. The van der Waals surface area contributed by atoms with Crippen molar-refractivity contribution >= 4 is 27.0 Å². The van der Waals surface area contributed by atoms with Gasteiger partial charge in [0.15, 0.2) is 0 Å². The molecular formula is C4H15Li3O2S2+2. The Morgan fingerprint density at radius 2 is 0.818 bits per heavy atom. The molecule has 0 amide bonds. The minimum Gasteiger partial charge on any atom is -2.00 e. The van der Waals surface area contributed by atoms with Gasteiger partial charge in [-0.25, -0.2) is 0 Å². The Labute approximate surface area is 124 Å². The second kappa shape index (κ2) is 83.0. The first-order valence-corrected chi connectivity index (χ1v) is 2.05. The van der Waals surface area contributed by atoms with Gasteiger partial charge in [0.25, 0.3) is 0 Å². The molecule has 0 rings (SSSR count). The van der Waals surface area contributed by atoms with Gasteiger partial charge in [0.1, 0.15) is 0 Å². The molecule has 0 aliphatic carbocycles. The van der Waals surface area contributed by atoms with Crippen molar-refractivity contribution in [3.63, 3.8) is 0 Å². The van der Waals surface area contributed by atoms with Gasteiger partial charge < -0.3 is 37.2 Å². The zero-order chi connectivity index (χ0) is 5.41. The summed E-state index contributed by atoms with van der Waals surface area (Å²) in [6.07, 6.45) is 0. The standard InChI is InChI=1S/2C2H6O.3Li.2S/c2*1-2-3;;;;;/h2*3H,2H2,1H3;;;;;/q;;3*+1;2*-2/p+3. The summed E-state index contributed by atoms with van der Waals surface area (Å²) in [7, 11) is 0. The van der Waals surface area contributed by atoms with E-state index in [0.29, 0.717) is 0 Å². The van der Waals surface area contributed by atoms with Crippen molar-refractivity contribution in [2.75, 3.05) is 13.2 Å². The first kappa shape index (κ1) is 50.3. The molecule has 0 aliphatic rings. The van der Waals surface area contributed by atoms with Crippen LogP contribution in [0.5, 0.6) is 0 Å². The van der Waals surface area contributed by atoms with Gasteiger partial charge in [-0.3, -0.25) is 0 Å². The van der Waals surface area contributed by atoms with Crippen LogP contribution in [0, 0.1) is 0 Å². The van der Waals surface area contributed by atoms with E-state index in [1.165, 1.54) is 0 Å². The van der Waals surface area contributed by atoms with Crippen LogP contribution in [0.25, 0.3) is 0 Å². The zero-order valence-corrected chi connectivity index (χ0v) is 9.76. The largest absolute Gasteiger partial charge is 2.00 e. The van der Waals surface area contributed by atoms with E-state index in [9.17, 15) is 0 Å². The average molecular weight is 180 g/mol. The predicted octanol–water partition coefficient (Wildman–Crippen LogP) is -8.66. The average Bonchev–Trinajstić information content (AvgIpc) is 1.39. The monoisotopic (exact) mass is 180 g/mol. The van der Waals surface area contributed by atoms with Crippen LogP contribution in [0.2, 0.25) is 0 Å². The Bertz CT molecular complexity index is 33.8. The van der Waals surface area contributed by atoms with E-state index in [1.807, 2.05) is 0 Å². The maximum atomic E-state index is 7.57. The van der Waals surface area contributed by atoms with Gasteiger partial charge >= 0.3 is 60.9 Å². The van der Waals surface area contributed by atoms with Crippen LogP contribution < -0.4 is 56.6 Å². The van der Waals surface area contributed by atoms with Gasteiger partial charge in [0.05, 0.1) is 0 Å². The van der Waals surface area contributed by atoms with E-state index in [2.05, 4.69) is 0 Å². The topological polar surface area (TPSA) is 40.5 Å². The van der Waals surface area contributed by atoms with Crippen molar-refractivity contribution in [3.8, 4) is 0 Å². The molecule has 0 spiro atoms. The first-order valence-electron chi connectivity index (χ1n) is 2.05. The Kier molecular flexibility index (Phi) is 379. The molecule has 2 nitrogen and oxygen atoms in total. The Balaban J connectivity index is -0.00000000182. The molecule has 0 aliphatic heterocycles. The van der Waals surface area contributed by atoms with Crippen LogP contribution in [0.3, 0.4) is 0 Å². The number of hydrogen-bond acceptors (Lipinski definition) is 2. The van der Waals surface area contributed by atoms with Gasteiger partial charge in [-0.05, 0) is 13.8 Å². The third-order valence-electron chi connectivity index (χ3n) is 0. The fraction of sp³-hybridized carbons (Fsp3) is 1.00. The molecule has 0 aromatic carbocycles. The molecular weight excluding hydrogens is 165 g/mol. The van der Waals surface area contributed by atoms with Crippen molar-refractivity contribution in [1.29, 1.82) is 0 Å². The molecule has 0 saturated carbocycles. The number of hydrogen-bond donors (Lipinski definition) is 2. The van der Waals surface area contributed by atoms with Gasteiger partial charge in [-0.2, -0.15) is 0 Å². The summed E-state index contributed by atoms with van der Waals surface area (Å²) in [5, 5.41) is 15.1. The summed E-state index contributed by atoms with van der Waals surface area (Å²) in [5.41, 5.74) is 0. The summed E-state index contributed by atoms with van der Waals surface area (Å²) < 4.78 is 0. The molecule has 11 heavy (non-hydrogen) atoms. The normalized spacial score (nSPS) is 3.27. The Morgan fingerprint density at radius 1 is 0.818 bits per heavy atom. The molecule has 0 saturated heterocycles. The smallest absolute Gasteiger partial charge is 1.00 e. The van der Waals surface area contributed by atoms with E-state index in [4.69, 9.17) is 10.2 Å². The van der Waals surface area contributed by atoms with Crippen LogP contribution in [-0.4, -0.2) is 23.4 Å². The van der Waals surface area contributed by atoms with E-state index in [-0.39, 0.29) is 101 Å². The molecule has 0 aromatic heterocycles. The van der Waals surface area contributed by atoms with Crippen molar-refractivity contribution in [1.82, 2.24) is 0 Å². The minimum absolute atomic E-state index is 0. The number of aliphatic hydroxyl groups is 2.